The minimum Gasteiger partial charge on any atom is -0.376 e. The summed E-state index contributed by atoms with van der Waals surface area (Å²) < 4.78 is 5.67. The number of nitrogens with zero attached hydrogens (tertiary/aromatic N) is 3. The smallest absolute Gasteiger partial charge is 0.270 e. The van der Waals surface area contributed by atoms with Crippen molar-refractivity contribution in [3.8, 4) is 0 Å². The molecule has 3 rings (SSSR count). The Morgan fingerprint density at radius 3 is 2.96 bits per heavy atom. The number of aromatic nitrogens is 1. The van der Waals surface area contributed by atoms with Gasteiger partial charge in [0, 0.05) is 50.3 Å². The van der Waals surface area contributed by atoms with Crippen molar-refractivity contribution < 1.29 is 14.5 Å². The maximum atomic E-state index is 12.8. The van der Waals surface area contributed by atoms with Crippen LogP contribution in [0.25, 0.3) is 6.08 Å². The predicted octanol–water partition coefficient (Wildman–Crippen LogP) is 3.21. The van der Waals surface area contributed by atoms with Crippen LogP contribution in [-0.4, -0.2) is 40.0 Å². The van der Waals surface area contributed by atoms with E-state index in [1.807, 2.05) is 12.1 Å². The second-order valence-corrected chi connectivity index (χ2v) is 6.40. The summed E-state index contributed by atoms with van der Waals surface area (Å²) in [6.07, 6.45) is 8.45. The average Bonchev–Trinajstić information content (AvgIpc) is 3.20. The number of rotatable bonds is 7. The first kappa shape index (κ1) is 18.7. The zero-order valence-corrected chi connectivity index (χ0v) is 14.9. The maximum absolute atomic E-state index is 12.8. The second kappa shape index (κ2) is 9.05. The number of benzene rings is 1. The lowest BCUT2D eigenvalue weighted by Crippen LogP contribution is -2.35. The molecule has 0 aliphatic carbocycles. The van der Waals surface area contributed by atoms with E-state index in [9.17, 15) is 14.9 Å². The van der Waals surface area contributed by atoms with Gasteiger partial charge in [-0.05, 0) is 36.1 Å². The first-order valence-corrected chi connectivity index (χ1v) is 8.84. The SMILES string of the molecule is O=C(/C=C/c1cccc([N+](=O)[O-])c1)N(Cc1cccnc1)CC1CCCO1. The highest BCUT2D eigenvalue weighted by Crippen LogP contribution is 2.17. The summed E-state index contributed by atoms with van der Waals surface area (Å²) in [5, 5.41) is 10.9. The number of amides is 1. The fourth-order valence-electron chi connectivity index (χ4n) is 2.99. The van der Waals surface area contributed by atoms with Gasteiger partial charge in [-0.1, -0.05) is 18.2 Å². The number of carbonyl (C=O) groups excluding carboxylic acids is 1. The van der Waals surface area contributed by atoms with Crippen molar-refractivity contribution in [3.63, 3.8) is 0 Å². The number of pyridine rings is 1. The number of nitro groups is 1. The van der Waals surface area contributed by atoms with Crippen LogP contribution in [0.3, 0.4) is 0 Å². The maximum Gasteiger partial charge on any atom is 0.270 e. The van der Waals surface area contributed by atoms with Crippen LogP contribution in [-0.2, 0) is 16.1 Å². The molecule has 7 heteroatoms. The number of hydrogen-bond donors (Lipinski definition) is 0. The molecule has 0 spiro atoms. The number of hydrogen-bond acceptors (Lipinski definition) is 5. The molecule has 2 aromatic rings. The van der Waals surface area contributed by atoms with E-state index in [4.69, 9.17) is 4.74 Å². The highest BCUT2D eigenvalue weighted by Gasteiger charge is 2.21. The number of non-ortho nitro benzene ring substituents is 1. The highest BCUT2D eigenvalue weighted by molar-refractivity contribution is 5.91. The van der Waals surface area contributed by atoms with Crippen LogP contribution in [0, 0.1) is 10.1 Å². The molecule has 1 aromatic carbocycles. The van der Waals surface area contributed by atoms with E-state index in [-0.39, 0.29) is 17.7 Å². The van der Waals surface area contributed by atoms with Crippen molar-refractivity contribution in [3.05, 3.63) is 76.1 Å². The molecule has 0 saturated carbocycles. The molecular weight excluding hydrogens is 346 g/mol. The van der Waals surface area contributed by atoms with E-state index in [2.05, 4.69) is 4.98 Å². The molecular formula is C20H21N3O4. The van der Waals surface area contributed by atoms with Gasteiger partial charge < -0.3 is 9.64 Å². The normalized spacial score (nSPS) is 16.5. The molecule has 1 aliphatic rings. The second-order valence-electron chi connectivity index (χ2n) is 6.40. The van der Waals surface area contributed by atoms with E-state index in [1.54, 1.807) is 35.5 Å². The molecule has 1 aliphatic heterocycles. The van der Waals surface area contributed by atoms with Gasteiger partial charge in [0.15, 0.2) is 0 Å². The van der Waals surface area contributed by atoms with Crippen LogP contribution in [0.2, 0.25) is 0 Å². The lowest BCUT2D eigenvalue weighted by molar-refractivity contribution is -0.384. The van der Waals surface area contributed by atoms with Gasteiger partial charge in [0.1, 0.15) is 0 Å². The molecule has 140 valence electrons. The Labute approximate surface area is 157 Å². The molecule has 0 N–H and O–H groups in total. The summed E-state index contributed by atoms with van der Waals surface area (Å²) in [5.74, 6) is -0.166. The van der Waals surface area contributed by atoms with Gasteiger partial charge in [0.25, 0.3) is 5.69 Å². The van der Waals surface area contributed by atoms with Crippen molar-refractivity contribution in [2.45, 2.75) is 25.5 Å². The molecule has 1 atom stereocenters. The monoisotopic (exact) mass is 367 g/mol. The third kappa shape index (κ3) is 5.46. The Morgan fingerprint density at radius 1 is 1.37 bits per heavy atom. The van der Waals surface area contributed by atoms with Gasteiger partial charge in [-0.15, -0.1) is 0 Å². The van der Waals surface area contributed by atoms with Gasteiger partial charge in [-0.25, -0.2) is 0 Å². The van der Waals surface area contributed by atoms with E-state index in [0.717, 1.165) is 25.0 Å². The highest BCUT2D eigenvalue weighted by atomic mass is 16.6. The van der Waals surface area contributed by atoms with Gasteiger partial charge >= 0.3 is 0 Å². The predicted molar refractivity (Wildman–Crippen MR) is 101 cm³/mol. The van der Waals surface area contributed by atoms with Gasteiger partial charge in [-0.2, -0.15) is 0 Å². The van der Waals surface area contributed by atoms with Crippen LogP contribution in [0.4, 0.5) is 5.69 Å². The Balaban J connectivity index is 1.73. The van der Waals surface area contributed by atoms with Crippen molar-refractivity contribution in [1.29, 1.82) is 0 Å². The van der Waals surface area contributed by atoms with Gasteiger partial charge in [-0.3, -0.25) is 19.9 Å². The fourth-order valence-corrected chi connectivity index (χ4v) is 2.99. The van der Waals surface area contributed by atoms with Crippen LogP contribution in [0.15, 0.2) is 54.9 Å². The van der Waals surface area contributed by atoms with Gasteiger partial charge in [0.05, 0.1) is 11.0 Å². The topological polar surface area (TPSA) is 85.6 Å². The molecule has 1 aromatic heterocycles. The van der Waals surface area contributed by atoms with Gasteiger partial charge in [0.2, 0.25) is 5.91 Å². The Bertz CT molecular complexity index is 817. The van der Waals surface area contributed by atoms with Crippen LogP contribution in [0.5, 0.6) is 0 Å². The summed E-state index contributed by atoms with van der Waals surface area (Å²) in [5.41, 5.74) is 1.54. The first-order valence-electron chi connectivity index (χ1n) is 8.84. The summed E-state index contributed by atoms with van der Waals surface area (Å²) >= 11 is 0. The van der Waals surface area contributed by atoms with Crippen molar-refractivity contribution >= 4 is 17.7 Å². The lowest BCUT2D eigenvalue weighted by Gasteiger charge is -2.24. The molecule has 1 saturated heterocycles. The van der Waals surface area contributed by atoms with Crippen LogP contribution in [0.1, 0.15) is 24.0 Å². The zero-order valence-electron chi connectivity index (χ0n) is 14.9. The molecule has 7 nitrogen and oxygen atoms in total. The van der Waals surface area contributed by atoms with Crippen LogP contribution >= 0.6 is 0 Å². The summed E-state index contributed by atoms with van der Waals surface area (Å²) in [4.78, 5) is 29.0. The minimum atomic E-state index is -0.453. The third-order valence-corrected chi connectivity index (χ3v) is 4.36. The van der Waals surface area contributed by atoms with E-state index in [0.29, 0.717) is 18.7 Å². The molecule has 0 bridgehead atoms. The number of ether oxygens (including phenoxy) is 1. The van der Waals surface area contributed by atoms with Crippen LogP contribution < -0.4 is 0 Å². The third-order valence-electron chi connectivity index (χ3n) is 4.36. The Hall–Kier alpha value is -3.06. The van der Waals surface area contributed by atoms with E-state index in [1.165, 1.54) is 18.2 Å². The molecule has 1 unspecified atom stereocenters. The van der Waals surface area contributed by atoms with Crippen molar-refractivity contribution in [2.24, 2.45) is 0 Å². The summed E-state index contributed by atoms with van der Waals surface area (Å²) in [6, 6.07) is 9.95. The van der Waals surface area contributed by atoms with E-state index < -0.39 is 4.92 Å². The summed E-state index contributed by atoms with van der Waals surface area (Å²) in [7, 11) is 0. The number of nitro benzene ring substituents is 1. The minimum absolute atomic E-state index is 0.00355. The quantitative estimate of drug-likeness (QED) is 0.426. The molecule has 2 heterocycles. The molecule has 1 amide bonds. The van der Waals surface area contributed by atoms with Crippen molar-refractivity contribution in [2.75, 3.05) is 13.2 Å². The first-order chi connectivity index (χ1) is 13.1. The zero-order chi connectivity index (χ0) is 19.1. The fraction of sp³-hybridized carbons (Fsp3) is 0.300. The summed E-state index contributed by atoms with van der Waals surface area (Å²) in [6.45, 7) is 1.67. The molecule has 0 radical (unpaired) electrons. The molecule has 1 fully saturated rings. The van der Waals surface area contributed by atoms with E-state index >= 15 is 0 Å². The standard InChI is InChI=1S/C20H21N3O4/c24-20(9-8-16-4-1-6-18(12-16)23(25)26)22(15-19-7-3-11-27-19)14-17-5-2-10-21-13-17/h1-2,4-6,8-10,12-13,19H,3,7,11,14-15H2/b9-8+. The Kier molecular flexibility index (Phi) is 6.27. The Morgan fingerprint density at radius 2 is 2.26 bits per heavy atom. The average molecular weight is 367 g/mol. The molecule has 27 heavy (non-hydrogen) atoms. The van der Waals surface area contributed by atoms with Crippen molar-refractivity contribution in [1.82, 2.24) is 9.88 Å². The largest absolute Gasteiger partial charge is 0.376 e. The lowest BCUT2D eigenvalue weighted by atomic mass is 10.1. The number of carbonyl (C=O) groups is 1.